The number of morpholine rings is 1. The molecule has 0 saturated carbocycles. The Hall–Kier alpha value is -1.13. The van der Waals surface area contributed by atoms with Gasteiger partial charge in [-0.3, -0.25) is 4.90 Å². The lowest BCUT2D eigenvalue weighted by atomic mass is 10.1. The standard InChI is InChI=1S/C16H25N3O/c1-2-7-18-8-3-4-15(18)14-5-6-16(17-13-14)19-9-11-20-12-10-19/h5-6,13,15H,2-4,7-12H2,1H3/t15-/m1/s1. The minimum absolute atomic E-state index is 0.584. The number of pyridine rings is 1. The highest BCUT2D eigenvalue weighted by molar-refractivity contribution is 5.40. The van der Waals surface area contributed by atoms with Gasteiger partial charge in [-0.05, 0) is 44.0 Å². The summed E-state index contributed by atoms with van der Waals surface area (Å²) in [4.78, 5) is 9.60. The molecule has 0 spiro atoms. The van der Waals surface area contributed by atoms with Gasteiger partial charge in [-0.25, -0.2) is 4.98 Å². The second-order valence-electron chi connectivity index (χ2n) is 5.74. The average Bonchev–Trinajstić information content (AvgIpc) is 2.97. The molecule has 110 valence electrons. The Morgan fingerprint density at radius 1 is 1.25 bits per heavy atom. The number of anilines is 1. The van der Waals surface area contributed by atoms with Gasteiger partial charge in [-0.15, -0.1) is 0 Å². The maximum absolute atomic E-state index is 5.39. The predicted molar refractivity (Wildman–Crippen MR) is 81.1 cm³/mol. The molecule has 1 atom stereocenters. The third-order valence-corrected chi connectivity index (χ3v) is 4.37. The normalized spacial score (nSPS) is 24.2. The van der Waals surface area contributed by atoms with Gasteiger partial charge in [0, 0.05) is 25.3 Å². The van der Waals surface area contributed by atoms with Crippen LogP contribution in [-0.4, -0.2) is 49.3 Å². The molecule has 0 aliphatic carbocycles. The zero-order valence-electron chi connectivity index (χ0n) is 12.4. The molecule has 0 unspecified atom stereocenters. The topological polar surface area (TPSA) is 28.6 Å². The van der Waals surface area contributed by atoms with Gasteiger partial charge in [-0.2, -0.15) is 0 Å². The van der Waals surface area contributed by atoms with Gasteiger partial charge in [0.25, 0.3) is 0 Å². The summed E-state index contributed by atoms with van der Waals surface area (Å²) in [6.45, 7) is 8.25. The molecular formula is C16H25N3O. The number of hydrogen-bond acceptors (Lipinski definition) is 4. The maximum Gasteiger partial charge on any atom is 0.128 e. The average molecular weight is 275 g/mol. The molecule has 4 heteroatoms. The van der Waals surface area contributed by atoms with Crippen molar-refractivity contribution in [3.63, 3.8) is 0 Å². The van der Waals surface area contributed by atoms with E-state index in [0.29, 0.717) is 6.04 Å². The minimum atomic E-state index is 0.584. The molecular weight excluding hydrogens is 250 g/mol. The summed E-state index contributed by atoms with van der Waals surface area (Å²) >= 11 is 0. The number of aromatic nitrogens is 1. The van der Waals surface area contributed by atoms with Crippen LogP contribution in [0, 0.1) is 0 Å². The smallest absolute Gasteiger partial charge is 0.128 e. The summed E-state index contributed by atoms with van der Waals surface area (Å²) in [7, 11) is 0. The SMILES string of the molecule is CCCN1CCC[C@@H]1c1ccc(N2CCOCC2)nc1. The quantitative estimate of drug-likeness (QED) is 0.844. The first kappa shape index (κ1) is 13.8. The number of rotatable bonds is 4. The van der Waals surface area contributed by atoms with E-state index in [4.69, 9.17) is 4.74 Å². The fourth-order valence-corrected chi connectivity index (χ4v) is 3.33. The molecule has 3 heterocycles. The van der Waals surface area contributed by atoms with Crippen molar-refractivity contribution in [3.05, 3.63) is 23.9 Å². The van der Waals surface area contributed by atoms with Gasteiger partial charge in [0.1, 0.15) is 5.82 Å². The van der Waals surface area contributed by atoms with E-state index in [9.17, 15) is 0 Å². The fourth-order valence-electron chi connectivity index (χ4n) is 3.33. The monoisotopic (exact) mass is 275 g/mol. The van der Waals surface area contributed by atoms with Crippen LogP contribution in [0.15, 0.2) is 18.3 Å². The highest BCUT2D eigenvalue weighted by Gasteiger charge is 2.25. The van der Waals surface area contributed by atoms with Gasteiger partial charge < -0.3 is 9.64 Å². The summed E-state index contributed by atoms with van der Waals surface area (Å²) in [5, 5.41) is 0. The van der Waals surface area contributed by atoms with Gasteiger partial charge in [-0.1, -0.05) is 13.0 Å². The second kappa shape index (κ2) is 6.55. The lowest BCUT2D eigenvalue weighted by Gasteiger charge is -2.28. The first-order valence-electron chi connectivity index (χ1n) is 7.91. The third-order valence-electron chi connectivity index (χ3n) is 4.37. The molecule has 0 aromatic carbocycles. The van der Waals surface area contributed by atoms with Crippen LogP contribution in [0.25, 0.3) is 0 Å². The highest BCUT2D eigenvalue weighted by atomic mass is 16.5. The summed E-state index contributed by atoms with van der Waals surface area (Å²) in [5.74, 6) is 1.09. The molecule has 2 aliphatic rings. The van der Waals surface area contributed by atoms with E-state index in [1.807, 2.05) is 0 Å². The van der Waals surface area contributed by atoms with E-state index in [1.54, 1.807) is 0 Å². The van der Waals surface area contributed by atoms with Crippen molar-refractivity contribution in [2.75, 3.05) is 44.3 Å². The molecule has 4 nitrogen and oxygen atoms in total. The molecule has 2 aliphatic heterocycles. The van der Waals surface area contributed by atoms with Crippen molar-refractivity contribution in [1.29, 1.82) is 0 Å². The van der Waals surface area contributed by atoms with Crippen LogP contribution in [0.2, 0.25) is 0 Å². The van der Waals surface area contributed by atoms with Gasteiger partial charge in [0.15, 0.2) is 0 Å². The summed E-state index contributed by atoms with van der Waals surface area (Å²) in [6.07, 6.45) is 5.91. The fraction of sp³-hybridized carbons (Fsp3) is 0.688. The van der Waals surface area contributed by atoms with Crippen LogP contribution in [-0.2, 0) is 4.74 Å². The van der Waals surface area contributed by atoms with Crippen LogP contribution in [0.4, 0.5) is 5.82 Å². The summed E-state index contributed by atoms with van der Waals surface area (Å²) in [6, 6.07) is 5.04. The Kier molecular flexibility index (Phi) is 4.53. The molecule has 2 saturated heterocycles. The van der Waals surface area contributed by atoms with Crippen LogP contribution < -0.4 is 4.90 Å². The Labute approximate surface area is 121 Å². The van der Waals surface area contributed by atoms with Crippen molar-refractivity contribution in [2.24, 2.45) is 0 Å². The Balaban J connectivity index is 1.69. The van der Waals surface area contributed by atoms with Crippen LogP contribution >= 0.6 is 0 Å². The summed E-state index contributed by atoms with van der Waals surface area (Å²) in [5.41, 5.74) is 1.38. The minimum Gasteiger partial charge on any atom is -0.378 e. The van der Waals surface area contributed by atoms with Crippen LogP contribution in [0.3, 0.4) is 0 Å². The first-order valence-corrected chi connectivity index (χ1v) is 7.91. The number of ether oxygens (including phenoxy) is 1. The lowest BCUT2D eigenvalue weighted by Crippen LogP contribution is -2.36. The zero-order chi connectivity index (χ0) is 13.8. The maximum atomic E-state index is 5.39. The van der Waals surface area contributed by atoms with E-state index in [-0.39, 0.29) is 0 Å². The molecule has 0 amide bonds. The summed E-state index contributed by atoms with van der Waals surface area (Å²) < 4.78 is 5.39. The highest BCUT2D eigenvalue weighted by Crippen LogP contribution is 2.32. The molecule has 20 heavy (non-hydrogen) atoms. The van der Waals surface area contributed by atoms with Crippen LogP contribution in [0.1, 0.15) is 37.8 Å². The van der Waals surface area contributed by atoms with E-state index in [1.165, 1.54) is 37.9 Å². The van der Waals surface area contributed by atoms with Crippen molar-refractivity contribution < 1.29 is 4.74 Å². The molecule has 0 bridgehead atoms. The van der Waals surface area contributed by atoms with E-state index < -0.39 is 0 Å². The molecule has 1 aromatic heterocycles. The Bertz CT molecular complexity index is 414. The molecule has 2 fully saturated rings. The molecule has 0 N–H and O–H groups in total. The first-order chi connectivity index (χ1) is 9.88. The van der Waals surface area contributed by atoms with Crippen LogP contribution in [0.5, 0.6) is 0 Å². The van der Waals surface area contributed by atoms with Crippen molar-refractivity contribution >= 4 is 5.82 Å². The van der Waals surface area contributed by atoms with Gasteiger partial charge >= 0.3 is 0 Å². The predicted octanol–water partition coefficient (Wildman–Crippen LogP) is 2.47. The molecule has 0 radical (unpaired) electrons. The van der Waals surface area contributed by atoms with E-state index in [2.05, 4.69) is 40.0 Å². The largest absolute Gasteiger partial charge is 0.378 e. The van der Waals surface area contributed by atoms with Gasteiger partial charge in [0.05, 0.1) is 13.2 Å². The van der Waals surface area contributed by atoms with E-state index in [0.717, 1.165) is 32.1 Å². The number of hydrogen-bond donors (Lipinski definition) is 0. The number of likely N-dealkylation sites (tertiary alicyclic amines) is 1. The van der Waals surface area contributed by atoms with Gasteiger partial charge in [0.2, 0.25) is 0 Å². The second-order valence-corrected chi connectivity index (χ2v) is 5.74. The lowest BCUT2D eigenvalue weighted by molar-refractivity contribution is 0.122. The Morgan fingerprint density at radius 2 is 2.10 bits per heavy atom. The van der Waals surface area contributed by atoms with Crippen molar-refractivity contribution in [2.45, 2.75) is 32.2 Å². The third kappa shape index (κ3) is 2.96. The molecule has 1 aromatic rings. The van der Waals surface area contributed by atoms with E-state index >= 15 is 0 Å². The molecule has 3 rings (SSSR count). The zero-order valence-corrected chi connectivity index (χ0v) is 12.4. The number of nitrogens with zero attached hydrogens (tertiary/aromatic N) is 3. The Morgan fingerprint density at radius 3 is 2.80 bits per heavy atom. The van der Waals surface area contributed by atoms with Crippen molar-refractivity contribution in [1.82, 2.24) is 9.88 Å². The van der Waals surface area contributed by atoms with Crippen molar-refractivity contribution in [3.8, 4) is 0 Å².